The van der Waals surface area contributed by atoms with Crippen molar-refractivity contribution in [3.05, 3.63) is 0 Å². The van der Waals surface area contributed by atoms with E-state index in [2.05, 4.69) is 4.74 Å². The van der Waals surface area contributed by atoms with Gasteiger partial charge in [0.1, 0.15) is 12.8 Å². The van der Waals surface area contributed by atoms with E-state index in [1.54, 1.807) is 6.92 Å². The molecule has 48 valence electrons. The second-order valence-corrected chi connectivity index (χ2v) is 1.44. The molecular formula is C5H9FO2. The van der Waals surface area contributed by atoms with Crippen LogP contribution in [0.25, 0.3) is 0 Å². The molecule has 0 bridgehead atoms. The minimum absolute atomic E-state index is 0.111. The van der Waals surface area contributed by atoms with Crippen molar-refractivity contribution < 1.29 is 13.9 Å². The van der Waals surface area contributed by atoms with Crippen LogP contribution in [0.1, 0.15) is 13.3 Å². The van der Waals surface area contributed by atoms with Crippen molar-refractivity contribution in [1.29, 1.82) is 0 Å². The van der Waals surface area contributed by atoms with Crippen molar-refractivity contribution in [2.75, 3.05) is 6.61 Å². The van der Waals surface area contributed by atoms with E-state index in [1.807, 2.05) is 0 Å². The van der Waals surface area contributed by atoms with Crippen molar-refractivity contribution in [3.63, 3.8) is 0 Å². The zero-order valence-electron chi connectivity index (χ0n) is 4.76. The SMILES string of the molecule is CCC(F)COC=O. The Labute approximate surface area is 47.6 Å². The zero-order chi connectivity index (χ0) is 6.41. The molecule has 1 atom stereocenters. The number of halogens is 1. The highest BCUT2D eigenvalue weighted by Crippen LogP contribution is 1.94. The van der Waals surface area contributed by atoms with E-state index in [-0.39, 0.29) is 13.1 Å². The van der Waals surface area contributed by atoms with Crippen molar-refractivity contribution in [2.45, 2.75) is 19.5 Å². The molecule has 0 spiro atoms. The molecule has 0 aliphatic heterocycles. The Morgan fingerprint density at radius 2 is 2.50 bits per heavy atom. The standard InChI is InChI=1S/C5H9FO2/c1-2-5(6)3-8-4-7/h4-5H,2-3H2,1H3. The first-order valence-electron chi connectivity index (χ1n) is 2.50. The molecule has 0 fully saturated rings. The van der Waals surface area contributed by atoms with E-state index in [0.29, 0.717) is 6.42 Å². The molecule has 0 saturated carbocycles. The van der Waals surface area contributed by atoms with Gasteiger partial charge in [0, 0.05) is 0 Å². The quantitative estimate of drug-likeness (QED) is 0.515. The van der Waals surface area contributed by atoms with Gasteiger partial charge in [-0.05, 0) is 6.42 Å². The lowest BCUT2D eigenvalue weighted by molar-refractivity contribution is -0.130. The number of alkyl halides is 1. The molecular weight excluding hydrogens is 111 g/mol. The van der Waals surface area contributed by atoms with E-state index >= 15 is 0 Å². The lowest BCUT2D eigenvalue weighted by Crippen LogP contribution is -2.07. The molecule has 0 aromatic heterocycles. The minimum Gasteiger partial charge on any atom is -0.465 e. The fraction of sp³-hybridized carbons (Fsp3) is 0.800. The molecule has 0 aliphatic rings. The third-order valence-electron chi connectivity index (χ3n) is 0.788. The van der Waals surface area contributed by atoms with E-state index in [4.69, 9.17) is 0 Å². The van der Waals surface area contributed by atoms with Gasteiger partial charge in [-0.25, -0.2) is 4.39 Å². The molecule has 0 N–H and O–H groups in total. The van der Waals surface area contributed by atoms with Gasteiger partial charge in [-0.3, -0.25) is 4.79 Å². The summed E-state index contributed by atoms with van der Waals surface area (Å²) in [4.78, 5) is 9.44. The van der Waals surface area contributed by atoms with Crippen LogP contribution in [-0.2, 0) is 9.53 Å². The van der Waals surface area contributed by atoms with Gasteiger partial charge in [0.05, 0.1) is 0 Å². The Balaban J connectivity index is 2.97. The summed E-state index contributed by atoms with van der Waals surface area (Å²) in [6.45, 7) is 1.83. The maximum absolute atomic E-state index is 12.0. The van der Waals surface area contributed by atoms with E-state index in [1.165, 1.54) is 0 Å². The average Bonchev–Trinajstić information content (AvgIpc) is 1.83. The lowest BCUT2D eigenvalue weighted by Gasteiger charge is -1.99. The summed E-state index contributed by atoms with van der Waals surface area (Å²) in [6.07, 6.45) is -0.603. The van der Waals surface area contributed by atoms with E-state index in [9.17, 15) is 9.18 Å². The third-order valence-corrected chi connectivity index (χ3v) is 0.788. The summed E-state index contributed by atoms with van der Waals surface area (Å²) in [6, 6.07) is 0. The Hall–Kier alpha value is -0.600. The first kappa shape index (κ1) is 7.40. The van der Waals surface area contributed by atoms with E-state index < -0.39 is 6.17 Å². The molecule has 0 aromatic rings. The van der Waals surface area contributed by atoms with Gasteiger partial charge in [-0.2, -0.15) is 0 Å². The highest BCUT2D eigenvalue weighted by molar-refractivity contribution is 5.36. The minimum atomic E-state index is -1.000. The molecule has 3 heteroatoms. The number of carbonyl (C=O) groups is 1. The number of ether oxygens (including phenoxy) is 1. The molecule has 0 amide bonds. The van der Waals surface area contributed by atoms with Gasteiger partial charge in [-0.15, -0.1) is 0 Å². The fourth-order valence-electron chi connectivity index (χ4n) is 0.262. The van der Waals surface area contributed by atoms with Crippen molar-refractivity contribution in [3.8, 4) is 0 Å². The molecule has 1 unspecified atom stereocenters. The van der Waals surface area contributed by atoms with Crippen molar-refractivity contribution in [2.24, 2.45) is 0 Å². The molecule has 0 heterocycles. The second-order valence-electron chi connectivity index (χ2n) is 1.44. The summed E-state index contributed by atoms with van der Waals surface area (Å²) >= 11 is 0. The smallest absolute Gasteiger partial charge is 0.293 e. The molecule has 0 aromatic carbocycles. The Bertz CT molecular complexity index is 65.4. The Kier molecular flexibility index (Phi) is 4.21. The number of hydrogen-bond acceptors (Lipinski definition) is 2. The summed E-state index contributed by atoms with van der Waals surface area (Å²) < 4.78 is 16.2. The predicted molar refractivity (Wildman–Crippen MR) is 27.2 cm³/mol. The number of hydrogen-bond donors (Lipinski definition) is 0. The van der Waals surface area contributed by atoms with Crippen LogP contribution in [0.5, 0.6) is 0 Å². The third kappa shape index (κ3) is 3.59. The number of carbonyl (C=O) groups excluding carboxylic acids is 1. The summed E-state index contributed by atoms with van der Waals surface area (Å²) in [5, 5.41) is 0. The van der Waals surface area contributed by atoms with E-state index in [0.717, 1.165) is 0 Å². The highest BCUT2D eigenvalue weighted by atomic mass is 19.1. The summed E-state index contributed by atoms with van der Waals surface area (Å²) in [5.74, 6) is 0. The van der Waals surface area contributed by atoms with Crippen LogP contribution in [0.3, 0.4) is 0 Å². The predicted octanol–water partition coefficient (Wildman–Crippen LogP) is 0.907. The molecule has 0 aliphatic carbocycles. The summed E-state index contributed by atoms with van der Waals surface area (Å²) in [7, 11) is 0. The highest BCUT2D eigenvalue weighted by Gasteiger charge is 2.00. The van der Waals surface area contributed by atoms with Gasteiger partial charge in [-0.1, -0.05) is 6.92 Å². The monoisotopic (exact) mass is 120 g/mol. The fourth-order valence-corrected chi connectivity index (χ4v) is 0.262. The Morgan fingerprint density at radius 1 is 1.88 bits per heavy atom. The molecule has 0 radical (unpaired) electrons. The van der Waals surface area contributed by atoms with Crippen molar-refractivity contribution >= 4 is 6.47 Å². The molecule has 8 heavy (non-hydrogen) atoms. The van der Waals surface area contributed by atoms with Gasteiger partial charge in [0.2, 0.25) is 0 Å². The van der Waals surface area contributed by atoms with Crippen LogP contribution >= 0.6 is 0 Å². The topological polar surface area (TPSA) is 26.3 Å². The van der Waals surface area contributed by atoms with Gasteiger partial charge in [0.15, 0.2) is 0 Å². The first-order chi connectivity index (χ1) is 3.81. The second kappa shape index (κ2) is 4.56. The normalized spacial score (nSPS) is 12.8. The lowest BCUT2D eigenvalue weighted by atomic mass is 10.3. The first-order valence-corrected chi connectivity index (χ1v) is 2.50. The van der Waals surface area contributed by atoms with Gasteiger partial charge in [0.25, 0.3) is 6.47 Å². The molecule has 2 nitrogen and oxygen atoms in total. The zero-order valence-corrected chi connectivity index (χ0v) is 4.76. The van der Waals surface area contributed by atoms with Crippen LogP contribution in [0, 0.1) is 0 Å². The van der Waals surface area contributed by atoms with Crippen LogP contribution in [-0.4, -0.2) is 19.3 Å². The maximum Gasteiger partial charge on any atom is 0.293 e. The van der Waals surface area contributed by atoms with Crippen LogP contribution in [0.4, 0.5) is 4.39 Å². The molecule has 0 rings (SSSR count). The van der Waals surface area contributed by atoms with Gasteiger partial charge < -0.3 is 4.74 Å². The van der Waals surface area contributed by atoms with Gasteiger partial charge >= 0.3 is 0 Å². The number of rotatable bonds is 4. The Morgan fingerprint density at radius 3 is 2.88 bits per heavy atom. The largest absolute Gasteiger partial charge is 0.465 e. The average molecular weight is 120 g/mol. The maximum atomic E-state index is 12.0. The van der Waals surface area contributed by atoms with Crippen LogP contribution in [0.15, 0.2) is 0 Å². The van der Waals surface area contributed by atoms with Crippen LogP contribution < -0.4 is 0 Å². The summed E-state index contributed by atoms with van der Waals surface area (Å²) in [5.41, 5.74) is 0. The van der Waals surface area contributed by atoms with Crippen LogP contribution in [0.2, 0.25) is 0 Å². The van der Waals surface area contributed by atoms with Crippen molar-refractivity contribution in [1.82, 2.24) is 0 Å². The molecule has 0 saturated heterocycles.